The highest BCUT2D eigenvalue weighted by molar-refractivity contribution is 5.80. The number of nitrogens with one attached hydrogen (secondary N) is 1. The van der Waals surface area contributed by atoms with Crippen LogP contribution in [0.25, 0.3) is 33.7 Å². The summed E-state index contributed by atoms with van der Waals surface area (Å²) in [5.41, 5.74) is 5.52. The van der Waals surface area contributed by atoms with Gasteiger partial charge >= 0.3 is 5.69 Å². The SMILES string of the molecule is CC(C)c1nc2c(c(=O)n(CC3CC3)c(=O)n2CCc2ccccc2)n1Cc1ccc(-c2ccccc2-c2nn[nH]n2)cc1. The third kappa shape index (κ3) is 5.27. The van der Waals surface area contributed by atoms with Crippen molar-refractivity contribution in [2.75, 3.05) is 0 Å². The van der Waals surface area contributed by atoms with Crippen LogP contribution in [0, 0.1) is 5.92 Å². The average Bonchev–Trinajstić information content (AvgIpc) is 3.54. The van der Waals surface area contributed by atoms with Gasteiger partial charge in [0, 0.05) is 31.1 Å². The summed E-state index contributed by atoms with van der Waals surface area (Å²) < 4.78 is 5.18. The molecule has 0 atom stereocenters. The standard InChI is InChI=1S/C34H34N8O2/c1-22(2)31-35-32-29(33(43)42(21-24-12-13-24)34(44)40(32)19-18-23-8-4-3-5-9-23)41(31)20-25-14-16-26(17-15-25)27-10-6-7-11-28(27)30-36-38-39-37-30/h3-11,14-17,22,24H,12-13,18-21H2,1-2H3,(H,36,37,38,39). The maximum Gasteiger partial charge on any atom is 0.332 e. The molecule has 0 spiro atoms. The Labute approximate surface area is 254 Å². The lowest BCUT2D eigenvalue weighted by molar-refractivity contribution is 0.534. The first-order valence-electron chi connectivity index (χ1n) is 15.2. The number of H-pyrrole nitrogens is 1. The van der Waals surface area contributed by atoms with Crippen LogP contribution < -0.4 is 11.2 Å². The molecular formula is C34H34N8O2. The van der Waals surface area contributed by atoms with Gasteiger partial charge in [-0.1, -0.05) is 92.7 Å². The van der Waals surface area contributed by atoms with E-state index >= 15 is 0 Å². The van der Waals surface area contributed by atoms with E-state index in [1.54, 1.807) is 4.57 Å². The summed E-state index contributed by atoms with van der Waals surface area (Å²) in [5, 5.41) is 14.6. The Bertz CT molecular complexity index is 2030. The highest BCUT2D eigenvalue weighted by atomic mass is 16.2. The lowest BCUT2D eigenvalue weighted by Gasteiger charge is -2.14. The first-order valence-corrected chi connectivity index (χ1v) is 15.2. The molecule has 3 aromatic heterocycles. The van der Waals surface area contributed by atoms with E-state index in [4.69, 9.17) is 4.98 Å². The molecule has 10 heteroatoms. The average molecular weight is 587 g/mol. The zero-order chi connectivity index (χ0) is 30.2. The molecule has 6 aromatic rings. The summed E-state index contributed by atoms with van der Waals surface area (Å²) in [6.45, 7) is 5.52. The van der Waals surface area contributed by atoms with E-state index in [1.807, 2.05) is 47.0 Å². The first-order chi connectivity index (χ1) is 21.5. The van der Waals surface area contributed by atoms with Gasteiger partial charge < -0.3 is 4.57 Å². The third-order valence-corrected chi connectivity index (χ3v) is 8.38. The minimum Gasteiger partial charge on any atom is -0.317 e. The fraction of sp³-hybridized carbons (Fsp3) is 0.294. The maximum absolute atomic E-state index is 14.0. The molecule has 1 N–H and O–H groups in total. The molecule has 7 rings (SSSR count). The summed E-state index contributed by atoms with van der Waals surface area (Å²) in [6.07, 6.45) is 2.77. The second-order valence-corrected chi connectivity index (χ2v) is 11.9. The zero-order valence-corrected chi connectivity index (χ0v) is 24.8. The van der Waals surface area contributed by atoms with E-state index in [1.165, 1.54) is 4.57 Å². The normalized spacial score (nSPS) is 13.2. The van der Waals surface area contributed by atoms with Crippen LogP contribution in [0.2, 0.25) is 0 Å². The van der Waals surface area contributed by atoms with E-state index < -0.39 is 0 Å². The zero-order valence-electron chi connectivity index (χ0n) is 24.8. The number of aryl methyl sites for hydroxylation is 2. The molecule has 3 heterocycles. The Kier molecular flexibility index (Phi) is 7.25. The molecule has 3 aromatic carbocycles. The molecule has 0 aliphatic heterocycles. The summed E-state index contributed by atoms with van der Waals surface area (Å²) in [4.78, 5) is 32.8. The van der Waals surface area contributed by atoms with Crippen molar-refractivity contribution in [3.05, 3.63) is 117 Å². The first kappa shape index (κ1) is 27.7. The second kappa shape index (κ2) is 11.5. The molecule has 0 saturated heterocycles. The highest BCUT2D eigenvalue weighted by Crippen LogP contribution is 2.31. The van der Waals surface area contributed by atoms with Crippen LogP contribution >= 0.6 is 0 Å². The Morgan fingerprint density at radius 1 is 0.841 bits per heavy atom. The van der Waals surface area contributed by atoms with Gasteiger partial charge in [0.05, 0.1) is 0 Å². The Morgan fingerprint density at radius 3 is 2.25 bits per heavy atom. The van der Waals surface area contributed by atoms with Crippen molar-refractivity contribution in [2.45, 2.75) is 58.7 Å². The van der Waals surface area contributed by atoms with Crippen molar-refractivity contribution in [2.24, 2.45) is 5.92 Å². The van der Waals surface area contributed by atoms with E-state index in [-0.39, 0.29) is 17.2 Å². The topological polar surface area (TPSA) is 116 Å². The van der Waals surface area contributed by atoms with Gasteiger partial charge in [0.1, 0.15) is 5.82 Å². The highest BCUT2D eigenvalue weighted by Gasteiger charge is 2.27. The Morgan fingerprint density at radius 2 is 1.57 bits per heavy atom. The Hall–Kier alpha value is -5.12. The molecule has 44 heavy (non-hydrogen) atoms. The van der Waals surface area contributed by atoms with E-state index in [0.717, 1.165) is 46.5 Å². The van der Waals surface area contributed by atoms with Crippen LogP contribution in [0.4, 0.5) is 0 Å². The third-order valence-electron chi connectivity index (χ3n) is 8.38. The number of hydrogen-bond donors (Lipinski definition) is 1. The summed E-state index contributed by atoms with van der Waals surface area (Å²) >= 11 is 0. The van der Waals surface area contributed by atoms with Gasteiger partial charge in [-0.2, -0.15) is 5.21 Å². The number of benzene rings is 3. The predicted octanol–water partition coefficient (Wildman–Crippen LogP) is 5.03. The van der Waals surface area contributed by atoms with Gasteiger partial charge in [-0.3, -0.25) is 13.9 Å². The van der Waals surface area contributed by atoms with Crippen molar-refractivity contribution < 1.29 is 0 Å². The number of tetrazole rings is 1. The van der Waals surface area contributed by atoms with Gasteiger partial charge in [-0.15, -0.1) is 10.2 Å². The van der Waals surface area contributed by atoms with Gasteiger partial charge in [0.2, 0.25) is 5.82 Å². The summed E-state index contributed by atoms with van der Waals surface area (Å²) in [6, 6.07) is 26.4. The Balaban J connectivity index is 1.30. The van der Waals surface area contributed by atoms with Gasteiger partial charge in [-0.05, 0) is 52.6 Å². The van der Waals surface area contributed by atoms with Crippen molar-refractivity contribution in [3.63, 3.8) is 0 Å². The molecular weight excluding hydrogens is 552 g/mol. The number of hydrogen-bond acceptors (Lipinski definition) is 6. The molecule has 1 aliphatic rings. The van der Waals surface area contributed by atoms with Crippen LogP contribution in [0.1, 0.15) is 49.6 Å². The van der Waals surface area contributed by atoms with E-state index in [0.29, 0.717) is 49.0 Å². The van der Waals surface area contributed by atoms with Crippen LogP contribution in [0.15, 0.2) is 88.5 Å². The molecule has 10 nitrogen and oxygen atoms in total. The fourth-order valence-electron chi connectivity index (χ4n) is 5.89. The van der Waals surface area contributed by atoms with E-state index in [9.17, 15) is 9.59 Å². The summed E-state index contributed by atoms with van der Waals surface area (Å²) in [5.74, 6) is 1.76. The molecule has 0 unspecified atom stereocenters. The van der Waals surface area contributed by atoms with Crippen LogP contribution in [0.3, 0.4) is 0 Å². The van der Waals surface area contributed by atoms with Crippen LogP contribution in [-0.2, 0) is 26.1 Å². The van der Waals surface area contributed by atoms with Gasteiger partial charge in [-0.25, -0.2) is 9.78 Å². The summed E-state index contributed by atoms with van der Waals surface area (Å²) in [7, 11) is 0. The molecule has 0 radical (unpaired) electrons. The molecule has 222 valence electrons. The van der Waals surface area contributed by atoms with Gasteiger partial charge in [0.15, 0.2) is 11.2 Å². The van der Waals surface area contributed by atoms with Crippen molar-refractivity contribution >= 4 is 11.2 Å². The number of fused-ring (bicyclic) bond motifs is 1. The monoisotopic (exact) mass is 586 g/mol. The fourth-order valence-corrected chi connectivity index (χ4v) is 5.89. The predicted molar refractivity (Wildman–Crippen MR) is 169 cm³/mol. The number of imidazole rings is 1. The number of aromatic nitrogens is 8. The molecule has 0 bridgehead atoms. The second-order valence-electron chi connectivity index (χ2n) is 11.9. The van der Waals surface area contributed by atoms with Crippen molar-refractivity contribution in [1.29, 1.82) is 0 Å². The quantitative estimate of drug-likeness (QED) is 0.241. The molecule has 1 fully saturated rings. The van der Waals surface area contributed by atoms with Crippen LogP contribution in [-0.4, -0.2) is 39.3 Å². The molecule has 0 amide bonds. The molecule has 1 saturated carbocycles. The van der Waals surface area contributed by atoms with E-state index in [2.05, 4.69) is 70.9 Å². The lowest BCUT2D eigenvalue weighted by atomic mass is 9.98. The van der Waals surface area contributed by atoms with Crippen LogP contribution in [0.5, 0.6) is 0 Å². The maximum atomic E-state index is 14.0. The minimum absolute atomic E-state index is 0.0532. The largest absolute Gasteiger partial charge is 0.332 e. The number of rotatable bonds is 10. The van der Waals surface area contributed by atoms with Gasteiger partial charge in [0.25, 0.3) is 5.56 Å². The molecule has 1 aliphatic carbocycles. The minimum atomic E-state index is -0.269. The number of aromatic amines is 1. The number of nitrogens with zero attached hydrogens (tertiary/aromatic N) is 7. The van der Waals surface area contributed by atoms with Crippen molar-refractivity contribution in [3.8, 4) is 22.5 Å². The van der Waals surface area contributed by atoms with Crippen molar-refractivity contribution in [1.82, 2.24) is 39.3 Å². The smallest absolute Gasteiger partial charge is 0.317 e. The lowest BCUT2D eigenvalue weighted by Crippen LogP contribution is -2.41.